The van der Waals surface area contributed by atoms with Gasteiger partial charge in [0, 0.05) is 13.0 Å². The fraction of sp³-hybridized carbons (Fsp3) is 0.940. The van der Waals surface area contributed by atoms with E-state index >= 15 is 0 Å². The van der Waals surface area contributed by atoms with Crippen molar-refractivity contribution in [2.24, 2.45) is 0 Å². The fourth-order valence-corrected chi connectivity index (χ4v) is 7.96. The van der Waals surface area contributed by atoms with E-state index in [1.165, 1.54) is 173 Å². The Bertz CT molecular complexity index is 915. The van der Waals surface area contributed by atoms with Crippen LogP contribution >= 0.6 is 0 Å². The van der Waals surface area contributed by atoms with Gasteiger partial charge in [-0.1, -0.05) is 206 Å². The molecule has 0 aromatic rings. The van der Waals surface area contributed by atoms with E-state index in [9.17, 15) is 25.2 Å². The second-order valence-electron chi connectivity index (χ2n) is 17.6. The molecule has 6 unspecified atom stereocenters. The molecule has 1 fully saturated rings. The highest BCUT2D eigenvalue weighted by atomic mass is 16.7. The normalized spacial score (nSPS) is 20.1. The van der Waals surface area contributed by atoms with Crippen molar-refractivity contribution < 1.29 is 44.2 Å². The summed E-state index contributed by atoms with van der Waals surface area (Å²) in [5.41, 5.74) is 0. The van der Waals surface area contributed by atoms with Crippen LogP contribution < -0.4 is 0 Å². The number of hydrogen-bond acceptors (Lipinski definition) is 9. The third kappa shape index (κ3) is 33.2. The molecule has 9 heteroatoms. The highest BCUT2D eigenvalue weighted by Crippen LogP contribution is 2.23. The van der Waals surface area contributed by atoms with E-state index in [-0.39, 0.29) is 19.2 Å². The molecular formula is C50H96O9. The fourth-order valence-electron chi connectivity index (χ4n) is 7.96. The first kappa shape index (κ1) is 55.9. The average molecular weight is 841 g/mol. The molecule has 0 amide bonds. The molecule has 6 atom stereocenters. The molecule has 0 aromatic heterocycles. The van der Waals surface area contributed by atoms with Crippen LogP contribution in [0.15, 0.2) is 12.2 Å². The molecule has 1 aliphatic rings. The van der Waals surface area contributed by atoms with Crippen molar-refractivity contribution in [3.63, 3.8) is 0 Å². The molecule has 350 valence electrons. The van der Waals surface area contributed by atoms with Crippen LogP contribution in [0.3, 0.4) is 0 Å². The molecule has 1 aliphatic heterocycles. The van der Waals surface area contributed by atoms with Crippen molar-refractivity contribution in [3.05, 3.63) is 12.2 Å². The number of unbranched alkanes of at least 4 members (excludes halogenated alkanes) is 31. The summed E-state index contributed by atoms with van der Waals surface area (Å²) in [6, 6.07) is 0. The number of carbonyl (C=O) groups excluding carboxylic acids is 1. The van der Waals surface area contributed by atoms with Gasteiger partial charge in [-0.15, -0.1) is 0 Å². The summed E-state index contributed by atoms with van der Waals surface area (Å²) < 4.78 is 22.9. The first-order valence-corrected chi connectivity index (χ1v) is 25.3. The van der Waals surface area contributed by atoms with Crippen molar-refractivity contribution >= 4 is 5.97 Å². The first-order chi connectivity index (χ1) is 28.9. The molecule has 0 saturated carbocycles. The third-order valence-corrected chi connectivity index (χ3v) is 11.9. The summed E-state index contributed by atoms with van der Waals surface area (Å²) in [7, 11) is 0. The van der Waals surface area contributed by atoms with Crippen molar-refractivity contribution in [1.82, 2.24) is 0 Å². The van der Waals surface area contributed by atoms with E-state index in [1.807, 2.05) is 0 Å². The summed E-state index contributed by atoms with van der Waals surface area (Å²) in [5, 5.41) is 40.2. The molecule has 0 bridgehead atoms. The zero-order valence-corrected chi connectivity index (χ0v) is 38.5. The number of esters is 1. The van der Waals surface area contributed by atoms with Gasteiger partial charge in [-0.25, -0.2) is 0 Å². The van der Waals surface area contributed by atoms with E-state index in [2.05, 4.69) is 26.0 Å². The number of aliphatic hydroxyl groups is 4. The van der Waals surface area contributed by atoms with E-state index in [4.69, 9.17) is 18.9 Å². The number of carbonyl (C=O) groups is 1. The van der Waals surface area contributed by atoms with Gasteiger partial charge in [0.25, 0.3) is 0 Å². The molecule has 1 saturated heterocycles. The molecule has 0 aromatic carbocycles. The zero-order chi connectivity index (χ0) is 42.9. The summed E-state index contributed by atoms with van der Waals surface area (Å²) in [5.74, 6) is -0.317. The van der Waals surface area contributed by atoms with Gasteiger partial charge >= 0.3 is 5.97 Å². The average Bonchev–Trinajstić information content (AvgIpc) is 3.24. The molecule has 0 radical (unpaired) electrons. The number of allylic oxidation sites excluding steroid dienone is 2. The lowest BCUT2D eigenvalue weighted by atomic mass is 9.99. The smallest absolute Gasteiger partial charge is 0.306 e. The summed E-state index contributed by atoms with van der Waals surface area (Å²) in [4.78, 5) is 12.8. The number of ether oxygens (including phenoxy) is 4. The van der Waals surface area contributed by atoms with Crippen LogP contribution in [-0.4, -0.2) is 89.6 Å². The Labute approximate surface area is 363 Å². The minimum Gasteiger partial charge on any atom is -0.457 e. The maximum atomic E-state index is 12.8. The molecule has 4 N–H and O–H groups in total. The second kappa shape index (κ2) is 42.2. The van der Waals surface area contributed by atoms with Gasteiger partial charge in [-0.05, 0) is 38.5 Å². The predicted molar refractivity (Wildman–Crippen MR) is 243 cm³/mol. The highest BCUT2D eigenvalue weighted by Gasteiger charge is 2.44. The highest BCUT2D eigenvalue weighted by molar-refractivity contribution is 5.69. The Hall–Kier alpha value is -1.07. The molecule has 59 heavy (non-hydrogen) atoms. The topological polar surface area (TPSA) is 135 Å². The first-order valence-electron chi connectivity index (χ1n) is 25.3. The van der Waals surface area contributed by atoms with Crippen LogP contribution in [-0.2, 0) is 23.7 Å². The lowest BCUT2D eigenvalue weighted by Gasteiger charge is -2.39. The van der Waals surface area contributed by atoms with Crippen molar-refractivity contribution in [2.75, 3.05) is 26.4 Å². The molecule has 1 heterocycles. The van der Waals surface area contributed by atoms with E-state index in [1.54, 1.807) is 0 Å². The summed E-state index contributed by atoms with van der Waals surface area (Å²) in [6.07, 6.45) is 41.0. The predicted octanol–water partition coefficient (Wildman–Crippen LogP) is 12.0. The van der Waals surface area contributed by atoms with E-state index in [0.717, 1.165) is 44.9 Å². The number of rotatable bonds is 44. The molecule has 1 rings (SSSR count). The van der Waals surface area contributed by atoms with Crippen LogP contribution in [0.5, 0.6) is 0 Å². The maximum Gasteiger partial charge on any atom is 0.306 e. The Morgan fingerprint density at radius 3 is 1.37 bits per heavy atom. The summed E-state index contributed by atoms with van der Waals surface area (Å²) >= 11 is 0. The van der Waals surface area contributed by atoms with E-state index < -0.39 is 43.4 Å². The van der Waals surface area contributed by atoms with Crippen LogP contribution in [0.4, 0.5) is 0 Å². The molecule has 0 spiro atoms. The summed E-state index contributed by atoms with van der Waals surface area (Å²) in [6.45, 7) is 4.59. The Morgan fingerprint density at radius 2 is 0.932 bits per heavy atom. The van der Waals surface area contributed by atoms with E-state index in [0.29, 0.717) is 13.0 Å². The minimum absolute atomic E-state index is 0.111. The van der Waals surface area contributed by atoms with Crippen LogP contribution in [0.2, 0.25) is 0 Å². The molecule has 0 aliphatic carbocycles. The van der Waals surface area contributed by atoms with Crippen LogP contribution in [0, 0.1) is 0 Å². The molecular weight excluding hydrogens is 745 g/mol. The maximum absolute atomic E-state index is 12.8. The van der Waals surface area contributed by atoms with Crippen molar-refractivity contribution in [3.8, 4) is 0 Å². The number of hydrogen-bond donors (Lipinski definition) is 4. The van der Waals surface area contributed by atoms with Gasteiger partial charge in [-0.2, -0.15) is 0 Å². The minimum atomic E-state index is -1.53. The van der Waals surface area contributed by atoms with Crippen LogP contribution in [0.1, 0.15) is 239 Å². The zero-order valence-electron chi connectivity index (χ0n) is 38.5. The van der Waals surface area contributed by atoms with Gasteiger partial charge in [0.2, 0.25) is 0 Å². The van der Waals surface area contributed by atoms with Crippen molar-refractivity contribution in [2.45, 2.75) is 275 Å². The quantitative estimate of drug-likeness (QED) is 0.0269. The Balaban J connectivity index is 2.19. The largest absolute Gasteiger partial charge is 0.457 e. The van der Waals surface area contributed by atoms with Crippen LogP contribution in [0.25, 0.3) is 0 Å². The number of aliphatic hydroxyl groups excluding tert-OH is 4. The Kier molecular flexibility index (Phi) is 40.1. The second-order valence-corrected chi connectivity index (χ2v) is 17.6. The lowest BCUT2D eigenvalue weighted by Crippen LogP contribution is -2.59. The van der Waals surface area contributed by atoms with Gasteiger partial charge < -0.3 is 39.4 Å². The molecule has 9 nitrogen and oxygen atoms in total. The van der Waals surface area contributed by atoms with Gasteiger partial charge in [0.15, 0.2) is 6.29 Å². The third-order valence-electron chi connectivity index (χ3n) is 11.9. The standard InChI is InChI=1S/C50H96O9/c1-3-5-7-9-11-13-15-17-19-20-21-22-23-24-26-28-30-32-34-36-38-40-56-42-44(43-57-50-49(55)48(54)47(53)45(41-51)59-50)58-46(52)39-37-35-33-31-29-27-25-18-16-14-12-10-8-6-4-2/h18,25,44-45,47-51,53-55H,3-17,19-24,26-43H2,1-2H3/b25-18-. The Morgan fingerprint density at radius 1 is 0.525 bits per heavy atom. The van der Waals surface area contributed by atoms with Gasteiger partial charge in [-0.3, -0.25) is 4.79 Å². The van der Waals surface area contributed by atoms with Gasteiger partial charge in [0.05, 0.1) is 19.8 Å². The SMILES string of the molecule is CCCCCCCC/C=C\CCCCCCCC(=O)OC(COCCCCCCCCCCCCCCCCCCCCCCC)COC1OC(CO)C(O)C(O)C1O. The van der Waals surface area contributed by atoms with Gasteiger partial charge in [0.1, 0.15) is 30.5 Å². The van der Waals surface area contributed by atoms with Crippen molar-refractivity contribution in [1.29, 1.82) is 0 Å². The lowest BCUT2D eigenvalue weighted by molar-refractivity contribution is -0.305. The monoisotopic (exact) mass is 841 g/mol.